The van der Waals surface area contributed by atoms with Gasteiger partial charge in [0.2, 0.25) is 0 Å². The Balaban J connectivity index is 0. The largest absolute Gasteiger partial charge is 1.00 e. The van der Waals surface area contributed by atoms with Crippen LogP contribution in [-0.2, 0) is 9.63 Å². The maximum atomic E-state index is 11.9. The predicted octanol–water partition coefficient (Wildman–Crippen LogP) is 0.492. The Hall–Kier alpha value is -0.590. The third-order valence-electron chi connectivity index (χ3n) is 3.18. The Labute approximate surface area is 158 Å². The van der Waals surface area contributed by atoms with E-state index in [9.17, 15) is 14.7 Å². The zero-order valence-electron chi connectivity index (χ0n) is 13.8. The molecular weight excluding hydrogens is 317 g/mol. The van der Waals surface area contributed by atoms with Gasteiger partial charge in [-0.05, 0) is 31.0 Å². The van der Waals surface area contributed by atoms with Crippen LogP contribution in [0, 0.1) is 0 Å². The van der Waals surface area contributed by atoms with Crippen molar-refractivity contribution in [1.29, 1.82) is 0 Å². The van der Waals surface area contributed by atoms with E-state index in [1.165, 1.54) is 12.1 Å². The van der Waals surface area contributed by atoms with E-state index in [0.29, 0.717) is 17.9 Å². The molecule has 1 aromatic carbocycles. The Morgan fingerprint density at radius 2 is 1.73 bits per heavy atom. The second-order valence-corrected chi connectivity index (χ2v) is 5.28. The van der Waals surface area contributed by atoms with Gasteiger partial charge in [-0.25, -0.2) is 0 Å². The summed E-state index contributed by atoms with van der Waals surface area (Å²) in [6.07, 6.45) is 4.90. The normalized spacial score (nSPS) is 9.91. The molecule has 0 aliphatic carbocycles. The van der Waals surface area contributed by atoms with Gasteiger partial charge in [0.25, 0.3) is 0 Å². The number of benzene rings is 1. The molecule has 5 nitrogen and oxygen atoms in total. The molecule has 0 aromatic heterocycles. The molecule has 0 bridgehead atoms. The Kier molecular flexibility index (Phi) is 11.6. The average Bonchev–Trinajstić information content (AvgIpc) is 2.48. The molecule has 0 aliphatic heterocycles. The van der Waals surface area contributed by atoms with Crippen LogP contribution < -0.4 is 35.5 Å². The van der Waals surface area contributed by atoms with Gasteiger partial charge in [-0.15, -0.1) is 0 Å². The molecule has 22 heavy (non-hydrogen) atoms. The van der Waals surface area contributed by atoms with Crippen molar-refractivity contribution in [2.75, 3.05) is 0 Å². The van der Waals surface area contributed by atoms with Crippen LogP contribution in [0.2, 0.25) is 5.02 Å². The number of hydrogen-bond acceptors (Lipinski definition) is 5. The van der Waals surface area contributed by atoms with Crippen molar-refractivity contribution in [3.05, 3.63) is 28.8 Å². The number of unbranched alkanes of at least 4 members (excludes halogenated alkanes) is 4. The molecule has 0 saturated carbocycles. The molecule has 0 saturated heterocycles. The number of halogens is 1. The number of phenolic OH excluding ortho intramolecular Hbond substituents is 1. The number of nitrogens with two attached hydrogens (primary N) is 1. The van der Waals surface area contributed by atoms with Crippen molar-refractivity contribution in [3.8, 4) is 5.75 Å². The van der Waals surface area contributed by atoms with Gasteiger partial charge in [-0.2, -0.15) is 5.90 Å². The van der Waals surface area contributed by atoms with E-state index in [-0.39, 0.29) is 48.1 Å². The fourth-order valence-corrected chi connectivity index (χ4v) is 2.18. The maximum Gasteiger partial charge on any atom is 1.00 e. The predicted molar refractivity (Wildman–Crippen MR) is 81.2 cm³/mol. The number of ketones is 1. The summed E-state index contributed by atoms with van der Waals surface area (Å²) in [5.41, 5.74) is 0.271. The number of rotatable bonds is 9. The molecule has 0 aliphatic rings. The minimum absolute atomic E-state index is 0. The Morgan fingerprint density at radius 3 is 2.36 bits per heavy atom. The van der Waals surface area contributed by atoms with Crippen molar-refractivity contribution in [2.24, 2.45) is 5.90 Å². The van der Waals surface area contributed by atoms with Gasteiger partial charge in [0.05, 0.1) is 5.56 Å². The second-order valence-electron chi connectivity index (χ2n) is 4.84. The Bertz CT molecular complexity index is 502. The van der Waals surface area contributed by atoms with Gasteiger partial charge in [0, 0.05) is 17.9 Å². The van der Waals surface area contributed by atoms with Crippen LogP contribution in [0.4, 0.5) is 0 Å². The van der Waals surface area contributed by atoms with Crippen LogP contribution in [0.15, 0.2) is 18.2 Å². The van der Waals surface area contributed by atoms with Gasteiger partial charge in [0.15, 0.2) is 5.78 Å². The molecule has 1 rings (SSSR count). The fraction of sp³-hybridized carbons (Fsp3) is 0.467. The van der Waals surface area contributed by atoms with Crippen molar-refractivity contribution in [2.45, 2.75) is 44.9 Å². The van der Waals surface area contributed by atoms with Crippen LogP contribution in [0.3, 0.4) is 0 Å². The summed E-state index contributed by atoms with van der Waals surface area (Å²) < 4.78 is 0. The molecule has 7 heteroatoms. The molecule has 1 aromatic rings. The number of aromatic hydroxyl groups is 1. The van der Waals surface area contributed by atoms with Gasteiger partial charge in [0.1, 0.15) is 5.75 Å². The maximum absolute atomic E-state index is 11.9. The van der Waals surface area contributed by atoms with Crippen molar-refractivity contribution in [1.82, 2.24) is 0 Å². The number of hydrogen-bond donors (Lipinski definition) is 2. The van der Waals surface area contributed by atoms with Gasteiger partial charge < -0.3 is 11.4 Å². The summed E-state index contributed by atoms with van der Waals surface area (Å²) in [5, 5.41) is 10.1. The van der Waals surface area contributed by atoms with Crippen LogP contribution in [0.25, 0.3) is 0 Å². The number of carbonyl (C=O) groups is 2. The van der Waals surface area contributed by atoms with Gasteiger partial charge in [-0.1, -0.05) is 30.9 Å². The SMILES string of the molecule is NOC(=O)CCCCCCCC(=O)c1cc(Cl)ccc1O.[H-].[Na+]. The van der Waals surface area contributed by atoms with Crippen molar-refractivity contribution >= 4 is 23.4 Å². The first-order valence-electron chi connectivity index (χ1n) is 6.96. The monoisotopic (exact) mass is 337 g/mol. The van der Waals surface area contributed by atoms with Crippen molar-refractivity contribution < 1.29 is 50.5 Å². The van der Waals surface area contributed by atoms with Gasteiger partial charge in [-0.3, -0.25) is 9.59 Å². The smallest absolute Gasteiger partial charge is 1.00 e. The molecule has 0 amide bonds. The van der Waals surface area contributed by atoms with E-state index in [2.05, 4.69) is 4.84 Å². The van der Waals surface area contributed by atoms with Crippen molar-refractivity contribution in [3.63, 3.8) is 0 Å². The molecule has 118 valence electrons. The van der Waals surface area contributed by atoms with E-state index in [0.717, 1.165) is 32.1 Å². The summed E-state index contributed by atoms with van der Waals surface area (Å²) in [4.78, 5) is 26.8. The third-order valence-corrected chi connectivity index (χ3v) is 3.41. The molecule has 0 unspecified atom stereocenters. The summed E-state index contributed by atoms with van der Waals surface area (Å²) in [5.74, 6) is 4.18. The zero-order chi connectivity index (χ0) is 15.7. The standard InChI is InChI=1S/C15H20ClNO4.Na.H/c16-11-8-9-14(19)12(10-11)13(18)6-4-2-1-3-5-7-15(20)21-17;;/h8-10,19H,1-7,17H2;;/q;+1;-1. The first-order valence-corrected chi connectivity index (χ1v) is 7.33. The first-order chi connectivity index (χ1) is 10.0. The van der Waals surface area contributed by atoms with Crippen LogP contribution >= 0.6 is 11.6 Å². The molecule has 0 radical (unpaired) electrons. The number of carbonyl (C=O) groups excluding carboxylic acids is 2. The third kappa shape index (κ3) is 8.15. The molecule has 0 heterocycles. The number of Topliss-reactive ketones (excluding diaryl/α,β-unsaturated/α-hetero) is 1. The minimum Gasteiger partial charge on any atom is -1.00 e. The summed E-state index contributed by atoms with van der Waals surface area (Å²) in [7, 11) is 0. The minimum atomic E-state index is -0.401. The van der Waals surface area contributed by atoms with E-state index in [4.69, 9.17) is 17.5 Å². The zero-order valence-corrected chi connectivity index (χ0v) is 15.6. The van der Waals surface area contributed by atoms with Crippen LogP contribution in [0.1, 0.15) is 56.7 Å². The fourth-order valence-electron chi connectivity index (χ4n) is 2.01. The quantitative estimate of drug-likeness (QED) is 0.296. The van der Waals surface area contributed by atoms with E-state index in [1.807, 2.05) is 0 Å². The summed E-state index contributed by atoms with van der Waals surface area (Å²) in [6, 6.07) is 4.45. The summed E-state index contributed by atoms with van der Waals surface area (Å²) in [6.45, 7) is 0. The molecule has 3 N–H and O–H groups in total. The summed E-state index contributed by atoms with van der Waals surface area (Å²) >= 11 is 5.81. The van der Waals surface area contributed by atoms with Gasteiger partial charge >= 0.3 is 35.5 Å². The topological polar surface area (TPSA) is 89.6 Å². The average molecular weight is 338 g/mol. The number of phenols is 1. The molecule has 0 atom stereocenters. The van der Waals surface area contributed by atoms with E-state index >= 15 is 0 Å². The van der Waals surface area contributed by atoms with E-state index < -0.39 is 5.97 Å². The Morgan fingerprint density at radius 1 is 1.14 bits per heavy atom. The van der Waals surface area contributed by atoms with Crippen LogP contribution in [-0.4, -0.2) is 16.9 Å². The molecule has 0 spiro atoms. The van der Waals surface area contributed by atoms with E-state index in [1.54, 1.807) is 6.07 Å². The second kappa shape index (κ2) is 11.9. The molecule has 0 fully saturated rings. The molecular formula is C15H21ClNNaO4. The first kappa shape index (κ1) is 21.4. The van der Waals surface area contributed by atoms with Crippen LogP contribution in [0.5, 0.6) is 5.75 Å².